The number of rotatable bonds is 28. The summed E-state index contributed by atoms with van der Waals surface area (Å²) in [6.07, 6.45) is 29.4. The molecule has 0 aliphatic carbocycles. The molecule has 0 fully saturated rings. The molecule has 1 aromatic rings. The molecule has 3 heteroatoms. The van der Waals surface area contributed by atoms with Crippen LogP contribution in [-0.4, -0.2) is 36.8 Å². The molecule has 0 spiro atoms. The molecule has 1 rings (SSSR count). The summed E-state index contributed by atoms with van der Waals surface area (Å²) in [4.78, 5) is 2.91. The van der Waals surface area contributed by atoms with Gasteiger partial charge < -0.3 is 0 Å². The van der Waals surface area contributed by atoms with Crippen LogP contribution in [0.25, 0.3) is 0 Å². The molecule has 47 heavy (non-hydrogen) atoms. The molecule has 270 valence electrons. The van der Waals surface area contributed by atoms with Crippen LogP contribution in [0.1, 0.15) is 205 Å². The minimum absolute atomic E-state index is 1.22. The van der Waals surface area contributed by atoms with Gasteiger partial charge in [-0.25, -0.2) is 0 Å². The molecule has 0 saturated heterocycles. The third-order valence-electron chi connectivity index (χ3n) is 10.6. The maximum atomic E-state index is 4.30. The van der Waals surface area contributed by atoms with E-state index in [-0.39, 0.29) is 0 Å². The van der Waals surface area contributed by atoms with Crippen molar-refractivity contribution in [1.82, 2.24) is 0 Å². The van der Waals surface area contributed by atoms with Crippen molar-refractivity contribution in [2.75, 3.05) is 0 Å². The second kappa shape index (κ2) is 29.0. The van der Waals surface area contributed by atoms with Crippen LogP contribution in [0.2, 0.25) is 26.6 Å². The Labute approximate surface area is 309 Å². The van der Waals surface area contributed by atoms with Crippen LogP contribution in [0, 0.1) is 19.7 Å². The zero-order valence-electron chi connectivity index (χ0n) is 33.2. The standard InChI is InChI=1S/C20H26S.6C4H9.2Sn/c1-5-9-11-13-15-17-18(16-14-12-10-6-2)20(8-4)21-19(17)7-3;6*1-3-4-2;;/h5-6,9-16H2,1-2H3;6*1,3-4H2,2H3;;. The maximum absolute atomic E-state index is 4.30. The Kier molecular flexibility index (Phi) is 28.1. The van der Waals surface area contributed by atoms with E-state index < -0.39 is 36.8 Å². The van der Waals surface area contributed by atoms with Crippen molar-refractivity contribution < 1.29 is 0 Å². The molecule has 1 aromatic heterocycles. The number of hydrogen-bond acceptors (Lipinski definition) is 1. The van der Waals surface area contributed by atoms with Gasteiger partial charge in [0, 0.05) is 0 Å². The Hall–Kier alpha value is 0.417. The Morgan fingerprint density at radius 3 is 0.894 bits per heavy atom. The van der Waals surface area contributed by atoms with Gasteiger partial charge in [-0.3, -0.25) is 0 Å². The van der Waals surface area contributed by atoms with Crippen LogP contribution in [0.15, 0.2) is 0 Å². The van der Waals surface area contributed by atoms with Crippen molar-refractivity contribution in [2.45, 2.75) is 223 Å². The van der Waals surface area contributed by atoms with Crippen molar-refractivity contribution in [1.29, 1.82) is 0 Å². The predicted octanol–water partition coefficient (Wildman–Crippen LogP) is 15.5. The fourth-order valence-corrected chi connectivity index (χ4v) is 35.2. The molecule has 0 aliphatic rings. The fraction of sp³-hybridized carbons (Fsp3) is 0.818. The molecule has 0 N–H and O–H groups in total. The van der Waals surface area contributed by atoms with Gasteiger partial charge in [-0.1, -0.05) is 0 Å². The third kappa shape index (κ3) is 18.5. The Morgan fingerprint density at radius 1 is 0.362 bits per heavy atom. The van der Waals surface area contributed by atoms with Crippen molar-refractivity contribution in [3.63, 3.8) is 0 Å². The molecule has 0 unspecified atom stereocenters. The summed E-state index contributed by atoms with van der Waals surface area (Å²) in [6, 6.07) is 0. The van der Waals surface area contributed by atoms with E-state index >= 15 is 0 Å². The van der Waals surface area contributed by atoms with Crippen LogP contribution in [0.3, 0.4) is 0 Å². The molecular weight excluding hydrogens is 798 g/mol. The van der Waals surface area contributed by atoms with Crippen LogP contribution >= 0.6 is 11.3 Å². The second-order valence-electron chi connectivity index (χ2n) is 15.0. The summed E-state index contributed by atoms with van der Waals surface area (Å²) in [7, 11) is 0. The molecule has 0 aromatic carbocycles. The van der Waals surface area contributed by atoms with Gasteiger partial charge in [-0.15, -0.1) is 0 Å². The average Bonchev–Trinajstić information content (AvgIpc) is 3.43. The normalized spacial score (nSPS) is 11.7. The van der Waals surface area contributed by atoms with E-state index in [0.717, 1.165) is 0 Å². The fourth-order valence-electron chi connectivity index (χ4n) is 7.28. The molecule has 0 radical (unpaired) electrons. The summed E-state index contributed by atoms with van der Waals surface area (Å²) >= 11 is -3.05. The summed E-state index contributed by atoms with van der Waals surface area (Å²) in [5, 5.41) is 0. The van der Waals surface area contributed by atoms with Crippen LogP contribution in [-0.2, 0) is 12.8 Å². The molecule has 1 heterocycles. The number of unbranched alkanes of at least 4 members (excludes halogenated alkanes) is 12. The molecule has 0 aliphatic heterocycles. The molecule has 0 atom stereocenters. The van der Waals surface area contributed by atoms with E-state index in [2.05, 4.69) is 86.4 Å². The van der Waals surface area contributed by atoms with Crippen molar-refractivity contribution in [3.05, 3.63) is 20.9 Å². The Morgan fingerprint density at radius 2 is 0.638 bits per heavy atom. The first-order valence-corrected chi connectivity index (χ1v) is 36.9. The first kappa shape index (κ1) is 45.4. The summed E-state index contributed by atoms with van der Waals surface area (Å²) in [5.41, 5.74) is 3.30. The van der Waals surface area contributed by atoms with E-state index in [1.54, 1.807) is 11.1 Å². The van der Waals surface area contributed by atoms with Gasteiger partial charge >= 0.3 is 312 Å². The van der Waals surface area contributed by atoms with E-state index in [4.69, 9.17) is 0 Å². The summed E-state index contributed by atoms with van der Waals surface area (Å²) < 4.78 is 17.5. The van der Waals surface area contributed by atoms with Crippen molar-refractivity contribution in [2.24, 2.45) is 0 Å². The second-order valence-corrected chi connectivity index (χ2v) is 40.6. The monoisotopic (exact) mass is 880 g/mol. The predicted molar refractivity (Wildman–Crippen MR) is 224 cm³/mol. The molecule has 0 amide bonds. The zero-order valence-corrected chi connectivity index (χ0v) is 39.7. The van der Waals surface area contributed by atoms with Crippen molar-refractivity contribution >= 4 is 48.1 Å². The van der Waals surface area contributed by atoms with Crippen LogP contribution in [0.4, 0.5) is 0 Å². The van der Waals surface area contributed by atoms with Gasteiger partial charge in [0.1, 0.15) is 0 Å². The average molecular weight is 879 g/mol. The van der Waals surface area contributed by atoms with Gasteiger partial charge in [0.15, 0.2) is 0 Å². The van der Waals surface area contributed by atoms with E-state index in [1.165, 1.54) is 178 Å². The Bertz CT molecular complexity index is 905. The van der Waals surface area contributed by atoms with E-state index in [9.17, 15) is 0 Å². The number of hydrogen-bond donors (Lipinski definition) is 0. The molecule has 0 bridgehead atoms. The molecule has 0 saturated carbocycles. The van der Waals surface area contributed by atoms with Crippen LogP contribution in [0.5, 0.6) is 0 Å². The first-order valence-electron chi connectivity index (χ1n) is 21.1. The van der Waals surface area contributed by atoms with Gasteiger partial charge in [0.2, 0.25) is 0 Å². The zero-order chi connectivity index (χ0) is 34.6. The molecular formula is C44H80SSn2. The topological polar surface area (TPSA) is 0 Å². The summed E-state index contributed by atoms with van der Waals surface area (Å²) in [6.45, 7) is 19.0. The molecule has 0 nitrogen and oxygen atoms in total. The quantitative estimate of drug-likeness (QED) is 0.0447. The van der Waals surface area contributed by atoms with Gasteiger partial charge in [-0.05, 0) is 0 Å². The van der Waals surface area contributed by atoms with E-state index in [1.807, 2.05) is 0 Å². The number of thiophene rings is 1. The van der Waals surface area contributed by atoms with Crippen LogP contribution < -0.4 is 0 Å². The van der Waals surface area contributed by atoms with Crippen molar-refractivity contribution in [3.8, 4) is 19.7 Å². The third-order valence-corrected chi connectivity index (χ3v) is 37.9. The minimum atomic E-state index is -2.55. The SMILES string of the molecule is CCCCCCc1c(C#[C][Sn]([CH2]CCC)([CH2]CCC)[CH2]CCC)sc(C#[C][Sn]([CH2]CCC)([CH2]CCC)[CH2]CCC)c1CCCCCC. The van der Waals surface area contributed by atoms with Gasteiger partial charge in [0.25, 0.3) is 0 Å². The summed E-state index contributed by atoms with van der Waals surface area (Å²) in [5.74, 6) is 8.19. The Balaban J connectivity index is 3.88. The van der Waals surface area contributed by atoms with Gasteiger partial charge in [0.05, 0.1) is 0 Å². The first-order chi connectivity index (χ1) is 22.9. The van der Waals surface area contributed by atoms with E-state index in [0.29, 0.717) is 0 Å². The van der Waals surface area contributed by atoms with Gasteiger partial charge in [-0.2, -0.15) is 0 Å².